The van der Waals surface area contributed by atoms with E-state index >= 15 is 0 Å². The molecule has 0 aliphatic heterocycles. The predicted octanol–water partition coefficient (Wildman–Crippen LogP) is 1.61. The van der Waals surface area contributed by atoms with Crippen LogP contribution in [0.5, 0.6) is 5.75 Å². The Morgan fingerprint density at radius 1 is 1.38 bits per heavy atom. The first-order valence-electron chi connectivity index (χ1n) is 8.50. The van der Waals surface area contributed by atoms with E-state index in [1.165, 1.54) is 4.88 Å². The third-order valence-electron chi connectivity index (χ3n) is 3.34. The molecule has 140 valence electrons. The van der Waals surface area contributed by atoms with Crippen LogP contribution in [0.3, 0.4) is 0 Å². The van der Waals surface area contributed by atoms with Crippen LogP contribution in [-0.2, 0) is 17.8 Å². The zero-order valence-electron chi connectivity index (χ0n) is 15.1. The molecule has 0 unspecified atom stereocenters. The third kappa shape index (κ3) is 7.10. The van der Waals surface area contributed by atoms with Crippen molar-refractivity contribution in [2.75, 3.05) is 19.7 Å². The van der Waals surface area contributed by atoms with Gasteiger partial charge in [0.05, 0.1) is 11.6 Å². The van der Waals surface area contributed by atoms with Gasteiger partial charge in [0.25, 0.3) is 5.91 Å². The number of thiazole rings is 1. The van der Waals surface area contributed by atoms with E-state index in [0.29, 0.717) is 12.3 Å². The molecule has 2 aromatic rings. The van der Waals surface area contributed by atoms with Gasteiger partial charge >= 0.3 is 0 Å². The highest BCUT2D eigenvalue weighted by molar-refractivity contribution is 7.11. The predicted molar refractivity (Wildman–Crippen MR) is 105 cm³/mol. The molecule has 0 atom stereocenters. The van der Waals surface area contributed by atoms with Gasteiger partial charge in [0, 0.05) is 30.6 Å². The fourth-order valence-electron chi connectivity index (χ4n) is 2.21. The lowest BCUT2D eigenvalue weighted by Crippen LogP contribution is -2.38. The molecule has 0 saturated carbocycles. The number of primary amides is 1. The fourth-order valence-corrected chi connectivity index (χ4v) is 2.99. The zero-order valence-corrected chi connectivity index (χ0v) is 15.9. The summed E-state index contributed by atoms with van der Waals surface area (Å²) in [5, 5.41) is 7.66. The Morgan fingerprint density at radius 2 is 2.23 bits per heavy atom. The van der Waals surface area contributed by atoms with Crippen LogP contribution in [0.1, 0.15) is 22.4 Å². The number of carbonyl (C=O) groups excluding carboxylic acids is 1. The van der Waals surface area contributed by atoms with E-state index in [9.17, 15) is 4.79 Å². The van der Waals surface area contributed by atoms with Gasteiger partial charge in [0.2, 0.25) is 0 Å². The van der Waals surface area contributed by atoms with Crippen molar-refractivity contribution >= 4 is 23.2 Å². The van der Waals surface area contributed by atoms with Crippen LogP contribution in [0.15, 0.2) is 35.5 Å². The van der Waals surface area contributed by atoms with Gasteiger partial charge in [-0.1, -0.05) is 12.1 Å². The van der Waals surface area contributed by atoms with E-state index in [2.05, 4.69) is 27.5 Å². The molecule has 0 saturated heterocycles. The Bertz CT molecular complexity index is 745. The highest BCUT2D eigenvalue weighted by atomic mass is 32.1. The lowest BCUT2D eigenvalue weighted by Gasteiger charge is -2.11. The molecular weight excluding hydrogens is 350 g/mol. The van der Waals surface area contributed by atoms with Crippen LogP contribution in [0.2, 0.25) is 0 Å². The first kappa shape index (κ1) is 19.7. The molecular formula is C18H25N5O2S. The van der Waals surface area contributed by atoms with E-state index in [-0.39, 0.29) is 6.61 Å². The number of ether oxygens (including phenoxy) is 1. The van der Waals surface area contributed by atoms with Crippen LogP contribution >= 0.6 is 11.3 Å². The summed E-state index contributed by atoms with van der Waals surface area (Å²) in [5.41, 5.74) is 6.08. The maximum Gasteiger partial charge on any atom is 0.255 e. The lowest BCUT2D eigenvalue weighted by atomic mass is 10.2. The average molecular weight is 375 g/mol. The molecule has 4 N–H and O–H groups in total. The van der Waals surface area contributed by atoms with Gasteiger partial charge in [-0.25, -0.2) is 9.98 Å². The van der Waals surface area contributed by atoms with Crippen LogP contribution in [0.4, 0.5) is 0 Å². The fraction of sp³-hybridized carbons (Fsp3) is 0.389. The minimum atomic E-state index is -0.498. The number of nitrogens with zero attached hydrogens (tertiary/aromatic N) is 2. The molecule has 1 aromatic carbocycles. The Balaban J connectivity index is 1.88. The van der Waals surface area contributed by atoms with Gasteiger partial charge in [0.15, 0.2) is 12.6 Å². The monoisotopic (exact) mass is 375 g/mol. The maximum atomic E-state index is 10.8. The molecule has 1 heterocycles. The quantitative estimate of drug-likeness (QED) is 0.457. The normalized spacial score (nSPS) is 11.2. The van der Waals surface area contributed by atoms with Crippen LogP contribution in [0.25, 0.3) is 0 Å². The summed E-state index contributed by atoms with van der Waals surface area (Å²) >= 11 is 1.71. The van der Waals surface area contributed by atoms with E-state index in [1.54, 1.807) is 17.4 Å². The number of nitrogens with two attached hydrogens (primary N) is 1. The number of carbonyl (C=O) groups is 1. The second-order valence-electron chi connectivity index (χ2n) is 5.64. The van der Waals surface area contributed by atoms with Crippen LogP contribution in [0, 0.1) is 6.92 Å². The van der Waals surface area contributed by atoms with Crippen molar-refractivity contribution in [3.63, 3.8) is 0 Å². The number of aromatic nitrogens is 1. The summed E-state index contributed by atoms with van der Waals surface area (Å²) in [4.78, 5) is 21.0. The Labute approximate surface area is 157 Å². The number of amides is 1. The van der Waals surface area contributed by atoms with E-state index in [4.69, 9.17) is 10.5 Å². The lowest BCUT2D eigenvalue weighted by molar-refractivity contribution is -0.119. The van der Waals surface area contributed by atoms with Gasteiger partial charge < -0.3 is 21.1 Å². The van der Waals surface area contributed by atoms with Gasteiger partial charge in [-0.05, 0) is 31.5 Å². The SMILES string of the molecule is CCNC(=NCc1cccc(OCC(N)=O)c1)NCCc1ncc(C)s1. The van der Waals surface area contributed by atoms with Gasteiger partial charge in [-0.2, -0.15) is 0 Å². The Morgan fingerprint density at radius 3 is 2.92 bits per heavy atom. The van der Waals surface area contributed by atoms with Gasteiger partial charge in [-0.15, -0.1) is 11.3 Å². The first-order chi connectivity index (χ1) is 12.6. The number of aliphatic imine (C=N–C) groups is 1. The van der Waals surface area contributed by atoms with Crippen molar-refractivity contribution in [1.29, 1.82) is 0 Å². The summed E-state index contributed by atoms with van der Waals surface area (Å²) in [6.45, 7) is 6.00. The number of rotatable bonds is 9. The largest absolute Gasteiger partial charge is 0.484 e. The summed E-state index contributed by atoms with van der Waals surface area (Å²) < 4.78 is 5.32. The number of nitrogens with one attached hydrogen (secondary N) is 2. The van der Waals surface area contributed by atoms with Crippen molar-refractivity contribution in [3.8, 4) is 5.75 Å². The number of benzene rings is 1. The number of hydrogen-bond donors (Lipinski definition) is 3. The molecule has 7 nitrogen and oxygen atoms in total. The van der Waals surface area contributed by atoms with E-state index < -0.39 is 5.91 Å². The number of hydrogen-bond acceptors (Lipinski definition) is 5. The van der Waals surface area contributed by atoms with Gasteiger partial charge in [-0.3, -0.25) is 4.79 Å². The van der Waals surface area contributed by atoms with Crippen LogP contribution in [-0.4, -0.2) is 36.5 Å². The van der Waals surface area contributed by atoms with Gasteiger partial charge in [0.1, 0.15) is 5.75 Å². The molecule has 0 radical (unpaired) electrons. The van der Waals surface area contributed by atoms with Crippen molar-refractivity contribution in [1.82, 2.24) is 15.6 Å². The molecule has 0 bridgehead atoms. The second kappa shape index (κ2) is 10.4. The van der Waals surface area contributed by atoms with E-state index in [0.717, 1.165) is 36.0 Å². The summed E-state index contributed by atoms with van der Waals surface area (Å²) in [6.07, 6.45) is 2.76. The molecule has 0 spiro atoms. The van der Waals surface area contributed by atoms with Crippen molar-refractivity contribution < 1.29 is 9.53 Å². The minimum Gasteiger partial charge on any atom is -0.484 e. The molecule has 0 aliphatic carbocycles. The minimum absolute atomic E-state index is 0.132. The summed E-state index contributed by atoms with van der Waals surface area (Å²) in [7, 11) is 0. The molecule has 0 fully saturated rings. The highest BCUT2D eigenvalue weighted by Crippen LogP contribution is 2.14. The zero-order chi connectivity index (χ0) is 18.8. The highest BCUT2D eigenvalue weighted by Gasteiger charge is 2.02. The third-order valence-corrected chi connectivity index (χ3v) is 4.32. The smallest absolute Gasteiger partial charge is 0.255 e. The molecule has 2 rings (SSSR count). The second-order valence-corrected chi connectivity index (χ2v) is 6.96. The number of guanidine groups is 1. The molecule has 8 heteroatoms. The number of aryl methyl sites for hydroxylation is 1. The van der Waals surface area contributed by atoms with Crippen LogP contribution < -0.4 is 21.1 Å². The van der Waals surface area contributed by atoms with Crippen molar-refractivity contribution in [2.24, 2.45) is 10.7 Å². The van der Waals surface area contributed by atoms with E-state index in [1.807, 2.05) is 31.3 Å². The Kier molecular flexibility index (Phi) is 7.88. The topological polar surface area (TPSA) is 102 Å². The maximum absolute atomic E-state index is 10.8. The molecule has 1 amide bonds. The molecule has 1 aromatic heterocycles. The van der Waals surface area contributed by atoms with Crippen molar-refractivity contribution in [3.05, 3.63) is 45.9 Å². The molecule has 26 heavy (non-hydrogen) atoms. The average Bonchev–Trinajstić information content (AvgIpc) is 3.03. The first-order valence-corrected chi connectivity index (χ1v) is 9.32. The Hall–Kier alpha value is -2.61. The molecule has 0 aliphatic rings. The van der Waals surface area contributed by atoms with Crippen molar-refractivity contribution in [2.45, 2.75) is 26.8 Å². The summed E-state index contributed by atoms with van der Waals surface area (Å²) in [5.74, 6) is 0.861. The summed E-state index contributed by atoms with van der Waals surface area (Å²) in [6, 6.07) is 7.47. The standard InChI is InChI=1S/C18H25N5O2S/c1-3-20-18(21-8-7-17-22-10-13(2)26-17)23-11-14-5-4-6-15(9-14)25-12-16(19)24/h4-6,9-10H,3,7-8,11-12H2,1-2H3,(H2,19,24)(H2,20,21,23).